The smallest absolute Gasteiger partial charge is 0.408 e. The van der Waals surface area contributed by atoms with Gasteiger partial charge in [0.15, 0.2) is 0 Å². The number of nitrogens with two attached hydrogens (primary N) is 1. The molecule has 0 aromatic heterocycles. The molecule has 110 valence electrons. The van der Waals surface area contributed by atoms with E-state index in [0.717, 1.165) is 0 Å². The summed E-state index contributed by atoms with van der Waals surface area (Å²) in [5.41, 5.74) is 4.34. The number of rotatable bonds is 4. The van der Waals surface area contributed by atoms with Gasteiger partial charge in [0.2, 0.25) is 0 Å². The number of nitrogens with one attached hydrogen (secondary N) is 2. The van der Waals surface area contributed by atoms with Crippen LogP contribution in [0, 0.1) is 11.3 Å². The van der Waals surface area contributed by atoms with Gasteiger partial charge in [-0.25, -0.2) is 9.59 Å². The summed E-state index contributed by atoms with van der Waals surface area (Å²) in [5.74, 6) is -0.619. The molecule has 0 aliphatic carbocycles. The Morgan fingerprint density at radius 3 is 2.21 bits per heavy atom. The largest absolute Gasteiger partial charge is 0.444 e. The Balaban J connectivity index is 4.63. The molecule has 0 aliphatic heterocycles. The lowest BCUT2D eigenvalue weighted by atomic mass is 10.0. The molecule has 0 fully saturated rings. The van der Waals surface area contributed by atoms with E-state index in [9.17, 15) is 9.59 Å². The standard InChI is InChI=1S/C12H23N3O4/c1-7(2)6-8(9(16)18-10(13)14)15-11(17)19-12(3,4)5/h7-8H,6H2,1-5H3,(H3,13,14)(H,15,17)/t8-/m1/s1. The molecule has 0 saturated carbocycles. The van der Waals surface area contributed by atoms with Gasteiger partial charge in [-0.1, -0.05) is 13.8 Å². The van der Waals surface area contributed by atoms with Gasteiger partial charge in [0, 0.05) is 0 Å². The zero-order chi connectivity index (χ0) is 15.2. The predicted molar refractivity (Wildman–Crippen MR) is 70.6 cm³/mol. The van der Waals surface area contributed by atoms with Gasteiger partial charge < -0.3 is 20.5 Å². The quantitative estimate of drug-likeness (QED) is 0.406. The van der Waals surface area contributed by atoms with E-state index in [0.29, 0.717) is 6.42 Å². The highest BCUT2D eigenvalue weighted by atomic mass is 16.6. The maximum Gasteiger partial charge on any atom is 0.408 e. The van der Waals surface area contributed by atoms with E-state index in [1.807, 2.05) is 13.8 Å². The van der Waals surface area contributed by atoms with Gasteiger partial charge in [0.1, 0.15) is 11.6 Å². The number of carbonyl (C=O) groups excluding carboxylic acids is 2. The maximum atomic E-state index is 11.7. The van der Waals surface area contributed by atoms with Gasteiger partial charge in [0.25, 0.3) is 6.02 Å². The molecule has 1 atom stereocenters. The van der Waals surface area contributed by atoms with Crippen molar-refractivity contribution < 1.29 is 19.1 Å². The molecule has 0 unspecified atom stereocenters. The lowest BCUT2D eigenvalue weighted by molar-refractivity contribution is -0.138. The molecular formula is C12H23N3O4. The Bertz CT molecular complexity index is 347. The molecular weight excluding hydrogens is 250 g/mol. The maximum absolute atomic E-state index is 11.7. The van der Waals surface area contributed by atoms with Crippen molar-refractivity contribution in [2.24, 2.45) is 11.7 Å². The third-order valence-electron chi connectivity index (χ3n) is 1.89. The third-order valence-corrected chi connectivity index (χ3v) is 1.89. The molecule has 0 bridgehead atoms. The molecule has 0 aromatic rings. The fraction of sp³-hybridized carbons (Fsp3) is 0.750. The summed E-state index contributed by atoms with van der Waals surface area (Å²) in [5, 5.41) is 9.34. The van der Waals surface area contributed by atoms with Gasteiger partial charge in [0.05, 0.1) is 0 Å². The van der Waals surface area contributed by atoms with Crippen LogP contribution < -0.4 is 11.1 Å². The second-order valence-electron chi connectivity index (χ2n) is 5.61. The Labute approximate surface area is 113 Å². The molecule has 0 aromatic carbocycles. The fourth-order valence-electron chi connectivity index (χ4n) is 1.31. The van der Waals surface area contributed by atoms with E-state index in [1.54, 1.807) is 20.8 Å². The normalized spacial score (nSPS) is 12.7. The van der Waals surface area contributed by atoms with E-state index < -0.39 is 29.7 Å². The number of hydrogen-bond acceptors (Lipinski definition) is 5. The first-order valence-corrected chi connectivity index (χ1v) is 6.06. The molecule has 0 heterocycles. The summed E-state index contributed by atoms with van der Waals surface area (Å²) >= 11 is 0. The number of esters is 1. The molecule has 0 rings (SSSR count). The van der Waals surface area contributed by atoms with Crippen LogP contribution in [0.5, 0.6) is 0 Å². The summed E-state index contributed by atoms with van der Waals surface area (Å²) in [6, 6.07) is -1.59. The van der Waals surface area contributed by atoms with E-state index in [2.05, 4.69) is 10.1 Å². The molecule has 0 saturated heterocycles. The molecule has 0 aliphatic rings. The Morgan fingerprint density at radius 2 is 1.84 bits per heavy atom. The van der Waals surface area contributed by atoms with Crippen LogP contribution in [-0.4, -0.2) is 29.7 Å². The van der Waals surface area contributed by atoms with Crippen molar-refractivity contribution in [1.82, 2.24) is 5.32 Å². The van der Waals surface area contributed by atoms with Crippen molar-refractivity contribution in [2.45, 2.75) is 52.7 Å². The zero-order valence-electron chi connectivity index (χ0n) is 12.1. The number of hydrogen-bond donors (Lipinski definition) is 3. The second kappa shape index (κ2) is 6.96. The topological polar surface area (TPSA) is 114 Å². The average Bonchev–Trinajstić information content (AvgIpc) is 2.11. The summed E-state index contributed by atoms with van der Waals surface area (Å²) in [4.78, 5) is 23.3. The van der Waals surface area contributed by atoms with E-state index in [-0.39, 0.29) is 5.92 Å². The summed E-state index contributed by atoms with van der Waals surface area (Å²) in [6.07, 6.45) is -0.343. The van der Waals surface area contributed by atoms with Crippen molar-refractivity contribution >= 4 is 18.1 Å². The molecule has 0 spiro atoms. The van der Waals surface area contributed by atoms with Crippen LogP contribution in [0.2, 0.25) is 0 Å². The minimum atomic E-state index is -0.890. The van der Waals surface area contributed by atoms with Crippen LogP contribution in [0.25, 0.3) is 0 Å². The minimum absolute atomic E-state index is 0.152. The average molecular weight is 273 g/mol. The molecule has 0 radical (unpaired) electrons. The highest BCUT2D eigenvalue weighted by Crippen LogP contribution is 2.10. The number of amides is 1. The SMILES string of the molecule is CC(C)C[C@@H](NC(=O)OC(C)(C)C)C(=O)OC(=N)N. The second-order valence-corrected chi connectivity index (χ2v) is 5.61. The predicted octanol–water partition coefficient (Wildman–Crippen LogP) is 1.36. The summed E-state index contributed by atoms with van der Waals surface area (Å²) in [7, 11) is 0. The highest BCUT2D eigenvalue weighted by Gasteiger charge is 2.26. The first-order valence-electron chi connectivity index (χ1n) is 6.06. The monoisotopic (exact) mass is 273 g/mol. The van der Waals surface area contributed by atoms with Crippen molar-refractivity contribution in [1.29, 1.82) is 5.41 Å². The molecule has 1 amide bonds. The fourth-order valence-corrected chi connectivity index (χ4v) is 1.31. The van der Waals surface area contributed by atoms with E-state index >= 15 is 0 Å². The minimum Gasteiger partial charge on any atom is -0.444 e. The van der Waals surface area contributed by atoms with Crippen molar-refractivity contribution in [3.8, 4) is 0 Å². The third kappa shape index (κ3) is 8.87. The number of ether oxygens (including phenoxy) is 2. The van der Waals surface area contributed by atoms with Gasteiger partial charge in [-0.3, -0.25) is 5.41 Å². The van der Waals surface area contributed by atoms with Gasteiger partial charge in [-0.05, 0) is 33.1 Å². The Hall–Kier alpha value is -1.79. The summed E-state index contributed by atoms with van der Waals surface area (Å²) in [6.45, 7) is 8.95. The van der Waals surface area contributed by atoms with Crippen LogP contribution in [-0.2, 0) is 14.3 Å². The van der Waals surface area contributed by atoms with Crippen LogP contribution in [0.4, 0.5) is 4.79 Å². The van der Waals surface area contributed by atoms with Crippen LogP contribution in [0.1, 0.15) is 41.0 Å². The lowest BCUT2D eigenvalue weighted by Gasteiger charge is -2.23. The van der Waals surface area contributed by atoms with Crippen molar-refractivity contribution in [2.75, 3.05) is 0 Å². The molecule has 7 heteroatoms. The molecule has 19 heavy (non-hydrogen) atoms. The van der Waals surface area contributed by atoms with E-state index in [1.165, 1.54) is 0 Å². The first kappa shape index (κ1) is 17.2. The van der Waals surface area contributed by atoms with Crippen LogP contribution in [0.3, 0.4) is 0 Å². The first-order chi connectivity index (χ1) is 8.51. The Kier molecular flexibility index (Phi) is 6.31. The number of alkyl carbamates (subject to hydrolysis) is 1. The van der Waals surface area contributed by atoms with Gasteiger partial charge >= 0.3 is 12.1 Å². The summed E-state index contributed by atoms with van der Waals surface area (Å²) < 4.78 is 9.56. The van der Waals surface area contributed by atoms with Crippen LogP contribution >= 0.6 is 0 Å². The number of carbonyl (C=O) groups is 2. The zero-order valence-corrected chi connectivity index (χ0v) is 12.1. The van der Waals surface area contributed by atoms with Gasteiger partial charge in [-0.2, -0.15) is 0 Å². The van der Waals surface area contributed by atoms with Crippen molar-refractivity contribution in [3.05, 3.63) is 0 Å². The number of amidine groups is 1. The van der Waals surface area contributed by atoms with Gasteiger partial charge in [-0.15, -0.1) is 0 Å². The lowest BCUT2D eigenvalue weighted by Crippen LogP contribution is -2.45. The van der Waals surface area contributed by atoms with Crippen LogP contribution in [0.15, 0.2) is 0 Å². The Morgan fingerprint density at radius 1 is 1.32 bits per heavy atom. The van der Waals surface area contributed by atoms with E-state index in [4.69, 9.17) is 15.9 Å². The molecule has 7 nitrogen and oxygen atoms in total. The van der Waals surface area contributed by atoms with Crippen molar-refractivity contribution in [3.63, 3.8) is 0 Å². The molecule has 4 N–H and O–H groups in total. The highest BCUT2D eigenvalue weighted by molar-refractivity contribution is 5.89.